The highest BCUT2D eigenvalue weighted by Crippen LogP contribution is 2.19. The molecule has 1 aliphatic rings. The fourth-order valence-corrected chi connectivity index (χ4v) is 2.65. The monoisotopic (exact) mass is 336 g/mol. The van der Waals surface area contributed by atoms with Crippen LogP contribution in [0.3, 0.4) is 0 Å². The van der Waals surface area contributed by atoms with Crippen molar-refractivity contribution in [3.05, 3.63) is 0 Å². The standard InChI is InChI=1S/C15H30F2N4O2/c1-15(2,3)20-14(22)19-12-6-13(10-23-5-4-16)21(9-12)8-11(17)7-18/h11-13H,4-10,18H2,1-3H3,(H2,19,20,22)/t11-,12+,13-/m0/s1. The number of halogens is 2. The van der Waals surface area contributed by atoms with E-state index >= 15 is 0 Å². The van der Waals surface area contributed by atoms with Crippen LogP contribution < -0.4 is 16.4 Å². The third kappa shape index (κ3) is 7.90. The van der Waals surface area contributed by atoms with Gasteiger partial charge in [0.2, 0.25) is 0 Å². The number of nitrogens with zero attached hydrogens (tertiary/aromatic N) is 1. The molecule has 2 amide bonds. The van der Waals surface area contributed by atoms with Crippen molar-refractivity contribution in [3.63, 3.8) is 0 Å². The van der Waals surface area contributed by atoms with Gasteiger partial charge in [-0.1, -0.05) is 0 Å². The van der Waals surface area contributed by atoms with Crippen LogP contribution in [0.1, 0.15) is 27.2 Å². The molecule has 0 aromatic heterocycles. The summed E-state index contributed by atoms with van der Waals surface area (Å²) in [4.78, 5) is 13.9. The molecule has 1 heterocycles. The van der Waals surface area contributed by atoms with Gasteiger partial charge in [0.1, 0.15) is 12.8 Å². The largest absolute Gasteiger partial charge is 0.377 e. The van der Waals surface area contributed by atoms with E-state index < -0.39 is 12.8 Å². The molecule has 1 saturated heterocycles. The molecule has 8 heteroatoms. The summed E-state index contributed by atoms with van der Waals surface area (Å²) in [7, 11) is 0. The number of hydrogen-bond acceptors (Lipinski definition) is 4. The number of nitrogens with one attached hydrogen (secondary N) is 2. The highest BCUT2D eigenvalue weighted by molar-refractivity contribution is 5.75. The fourth-order valence-electron chi connectivity index (χ4n) is 2.65. The number of likely N-dealkylation sites (tertiary alicyclic amines) is 1. The Bertz CT molecular complexity index is 366. The molecular weight excluding hydrogens is 306 g/mol. The molecule has 1 aliphatic heterocycles. The highest BCUT2D eigenvalue weighted by atomic mass is 19.1. The van der Waals surface area contributed by atoms with Crippen LogP contribution in [0.4, 0.5) is 13.6 Å². The maximum Gasteiger partial charge on any atom is 0.315 e. The van der Waals surface area contributed by atoms with Gasteiger partial charge in [-0.15, -0.1) is 0 Å². The summed E-state index contributed by atoms with van der Waals surface area (Å²) < 4.78 is 31.0. The van der Waals surface area contributed by atoms with Gasteiger partial charge in [0.25, 0.3) is 0 Å². The minimum atomic E-state index is -1.12. The molecular formula is C15H30F2N4O2. The summed E-state index contributed by atoms with van der Waals surface area (Å²) >= 11 is 0. The first-order chi connectivity index (χ1) is 10.7. The quantitative estimate of drug-likeness (QED) is 0.573. The Morgan fingerprint density at radius 3 is 2.74 bits per heavy atom. The van der Waals surface area contributed by atoms with Crippen LogP contribution in [0, 0.1) is 0 Å². The second-order valence-electron chi connectivity index (χ2n) is 6.99. The van der Waals surface area contributed by atoms with E-state index in [1.807, 2.05) is 25.7 Å². The number of urea groups is 1. The first kappa shape index (κ1) is 20.1. The van der Waals surface area contributed by atoms with Crippen LogP contribution in [-0.2, 0) is 4.74 Å². The minimum absolute atomic E-state index is 0.0306. The second-order valence-corrected chi connectivity index (χ2v) is 6.99. The SMILES string of the molecule is CC(C)(C)NC(=O)N[C@@H]1C[C@@H](COCCF)N(C[C@@H](F)CN)C1. The summed E-state index contributed by atoms with van der Waals surface area (Å²) in [5.74, 6) is 0. The summed E-state index contributed by atoms with van der Waals surface area (Å²) in [6, 6.07) is -0.393. The maximum atomic E-state index is 13.6. The van der Waals surface area contributed by atoms with Gasteiger partial charge in [0.05, 0.1) is 13.2 Å². The van der Waals surface area contributed by atoms with E-state index in [0.717, 1.165) is 0 Å². The van der Waals surface area contributed by atoms with Gasteiger partial charge in [-0.05, 0) is 27.2 Å². The predicted molar refractivity (Wildman–Crippen MR) is 85.9 cm³/mol. The number of nitrogens with two attached hydrogens (primary N) is 1. The van der Waals surface area contributed by atoms with Crippen LogP contribution in [0.15, 0.2) is 0 Å². The number of rotatable bonds is 8. The smallest absolute Gasteiger partial charge is 0.315 e. The Labute approximate surface area is 137 Å². The molecule has 1 fully saturated rings. The average Bonchev–Trinajstić information content (AvgIpc) is 2.78. The first-order valence-electron chi connectivity index (χ1n) is 8.05. The normalized spacial score (nSPS) is 23.7. The first-order valence-corrected chi connectivity index (χ1v) is 8.05. The summed E-state index contributed by atoms with van der Waals surface area (Å²) in [6.07, 6.45) is -0.484. The van der Waals surface area contributed by atoms with Gasteiger partial charge in [0, 0.05) is 37.3 Å². The summed E-state index contributed by atoms with van der Waals surface area (Å²) in [6.45, 7) is 6.18. The van der Waals surface area contributed by atoms with Crippen molar-refractivity contribution in [2.24, 2.45) is 5.73 Å². The highest BCUT2D eigenvalue weighted by Gasteiger charge is 2.34. The summed E-state index contributed by atoms with van der Waals surface area (Å²) in [5.41, 5.74) is 5.02. The third-order valence-corrected chi connectivity index (χ3v) is 3.57. The maximum absolute atomic E-state index is 13.6. The Hall–Kier alpha value is -0.990. The minimum Gasteiger partial charge on any atom is -0.377 e. The number of amides is 2. The Kier molecular flexibility index (Phi) is 8.15. The van der Waals surface area contributed by atoms with E-state index in [-0.39, 0.29) is 43.4 Å². The molecule has 4 N–H and O–H groups in total. The molecule has 0 saturated carbocycles. The molecule has 0 aliphatic carbocycles. The van der Waals surface area contributed by atoms with Crippen molar-refractivity contribution in [1.82, 2.24) is 15.5 Å². The second kappa shape index (κ2) is 9.34. The zero-order valence-electron chi connectivity index (χ0n) is 14.3. The molecule has 0 aromatic carbocycles. The zero-order valence-corrected chi connectivity index (χ0v) is 14.3. The summed E-state index contributed by atoms with van der Waals surface area (Å²) in [5, 5.41) is 5.74. The molecule has 136 valence electrons. The van der Waals surface area contributed by atoms with Crippen LogP contribution in [0.25, 0.3) is 0 Å². The third-order valence-electron chi connectivity index (χ3n) is 3.57. The molecule has 3 atom stereocenters. The molecule has 0 aromatic rings. The lowest BCUT2D eigenvalue weighted by atomic mass is 10.1. The fraction of sp³-hybridized carbons (Fsp3) is 0.933. The molecule has 6 nitrogen and oxygen atoms in total. The lowest BCUT2D eigenvalue weighted by Crippen LogP contribution is -2.50. The number of alkyl halides is 2. The zero-order chi connectivity index (χ0) is 17.5. The van der Waals surface area contributed by atoms with Crippen LogP contribution in [0.5, 0.6) is 0 Å². The number of ether oxygens (including phenoxy) is 1. The average molecular weight is 336 g/mol. The van der Waals surface area contributed by atoms with Crippen molar-refractivity contribution < 1.29 is 18.3 Å². The van der Waals surface area contributed by atoms with Gasteiger partial charge in [-0.3, -0.25) is 4.90 Å². The Morgan fingerprint density at radius 1 is 1.48 bits per heavy atom. The van der Waals surface area contributed by atoms with Crippen molar-refractivity contribution in [1.29, 1.82) is 0 Å². The Balaban J connectivity index is 2.54. The molecule has 0 bridgehead atoms. The Morgan fingerprint density at radius 2 is 2.17 bits per heavy atom. The molecule has 1 rings (SSSR count). The van der Waals surface area contributed by atoms with Crippen molar-refractivity contribution in [3.8, 4) is 0 Å². The number of carbonyl (C=O) groups is 1. The molecule has 23 heavy (non-hydrogen) atoms. The van der Waals surface area contributed by atoms with E-state index in [1.54, 1.807) is 0 Å². The van der Waals surface area contributed by atoms with Gasteiger partial charge in [-0.2, -0.15) is 0 Å². The van der Waals surface area contributed by atoms with Crippen LogP contribution in [0.2, 0.25) is 0 Å². The van der Waals surface area contributed by atoms with E-state index in [0.29, 0.717) is 19.6 Å². The molecule has 0 spiro atoms. The number of carbonyl (C=O) groups excluding carboxylic acids is 1. The van der Waals surface area contributed by atoms with E-state index in [4.69, 9.17) is 10.5 Å². The van der Waals surface area contributed by atoms with E-state index in [2.05, 4.69) is 10.6 Å². The van der Waals surface area contributed by atoms with Crippen molar-refractivity contribution in [2.45, 2.75) is 51.0 Å². The van der Waals surface area contributed by atoms with Crippen LogP contribution in [-0.4, -0.2) is 74.2 Å². The van der Waals surface area contributed by atoms with Gasteiger partial charge < -0.3 is 21.1 Å². The van der Waals surface area contributed by atoms with Crippen LogP contribution >= 0.6 is 0 Å². The lowest BCUT2D eigenvalue weighted by Gasteiger charge is -2.25. The topological polar surface area (TPSA) is 79.6 Å². The lowest BCUT2D eigenvalue weighted by molar-refractivity contribution is 0.0607. The van der Waals surface area contributed by atoms with Crippen molar-refractivity contribution in [2.75, 3.05) is 39.5 Å². The predicted octanol–water partition coefficient (Wildman–Crippen LogP) is 0.810. The van der Waals surface area contributed by atoms with Gasteiger partial charge >= 0.3 is 6.03 Å². The number of hydrogen-bond donors (Lipinski definition) is 3. The van der Waals surface area contributed by atoms with E-state index in [9.17, 15) is 13.6 Å². The van der Waals surface area contributed by atoms with Crippen molar-refractivity contribution >= 4 is 6.03 Å². The molecule has 0 unspecified atom stereocenters. The van der Waals surface area contributed by atoms with Gasteiger partial charge in [0.15, 0.2) is 0 Å². The van der Waals surface area contributed by atoms with Gasteiger partial charge in [-0.25, -0.2) is 13.6 Å². The molecule has 0 radical (unpaired) electrons. The van der Waals surface area contributed by atoms with E-state index in [1.165, 1.54) is 0 Å².